The fourth-order valence-corrected chi connectivity index (χ4v) is 2.56. The van der Waals surface area contributed by atoms with Crippen LogP contribution in [0.15, 0.2) is 53.3 Å². The number of pyridine rings is 1. The maximum absolute atomic E-state index is 13.2. The van der Waals surface area contributed by atoms with E-state index < -0.39 is 5.97 Å². The van der Waals surface area contributed by atoms with Crippen molar-refractivity contribution in [2.24, 2.45) is 0 Å². The van der Waals surface area contributed by atoms with Crippen LogP contribution >= 0.6 is 0 Å². The van der Waals surface area contributed by atoms with Gasteiger partial charge < -0.3 is 9.63 Å². The normalized spacial score (nSPS) is 10.6. The molecule has 1 amide bonds. The Morgan fingerprint density at radius 1 is 1.04 bits per heavy atom. The van der Waals surface area contributed by atoms with Crippen LogP contribution in [0, 0.1) is 5.82 Å². The molecule has 3 aromatic rings. The number of benzene rings is 1. The molecule has 0 atom stereocenters. The average Bonchev–Trinajstić information content (AvgIpc) is 3.06. The summed E-state index contributed by atoms with van der Waals surface area (Å²) in [4.78, 5) is 26.7. The molecule has 0 fully saturated rings. The van der Waals surface area contributed by atoms with Crippen LogP contribution in [0.25, 0.3) is 22.4 Å². The van der Waals surface area contributed by atoms with Gasteiger partial charge in [0, 0.05) is 30.8 Å². The number of aliphatic carboxylic acids is 1. The zero-order valence-electron chi connectivity index (χ0n) is 14.2. The van der Waals surface area contributed by atoms with Crippen LogP contribution in [-0.4, -0.2) is 27.1 Å². The lowest BCUT2D eigenvalue weighted by Crippen LogP contribution is -2.12. The highest BCUT2D eigenvalue weighted by atomic mass is 19.1. The van der Waals surface area contributed by atoms with Gasteiger partial charge in [0.05, 0.1) is 5.56 Å². The SMILES string of the molecule is O=C(O)CCCC(=O)Nc1onc(-c2ccc(F)cc2)c1-c1ccncc1. The van der Waals surface area contributed by atoms with Crippen molar-refractivity contribution in [2.45, 2.75) is 19.3 Å². The molecule has 8 heteroatoms. The van der Waals surface area contributed by atoms with E-state index in [-0.39, 0.29) is 36.9 Å². The number of carbonyl (C=O) groups is 2. The second-order valence-electron chi connectivity index (χ2n) is 5.77. The minimum atomic E-state index is -0.960. The molecule has 0 unspecified atom stereocenters. The van der Waals surface area contributed by atoms with Gasteiger partial charge in [0.2, 0.25) is 11.8 Å². The molecular formula is C19H16FN3O4. The maximum atomic E-state index is 13.2. The molecule has 27 heavy (non-hydrogen) atoms. The van der Waals surface area contributed by atoms with Gasteiger partial charge in [0.1, 0.15) is 11.5 Å². The van der Waals surface area contributed by atoms with Crippen molar-refractivity contribution in [1.82, 2.24) is 10.1 Å². The van der Waals surface area contributed by atoms with Crippen molar-refractivity contribution in [3.8, 4) is 22.4 Å². The molecule has 0 radical (unpaired) electrons. The van der Waals surface area contributed by atoms with E-state index in [1.54, 1.807) is 36.7 Å². The van der Waals surface area contributed by atoms with Gasteiger partial charge in [-0.1, -0.05) is 5.16 Å². The van der Waals surface area contributed by atoms with E-state index in [2.05, 4.69) is 15.5 Å². The van der Waals surface area contributed by atoms with E-state index in [0.717, 1.165) is 0 Å². The number of carboxylic acid groups (broad SMARTS) is 1. The summed E-state index contributed by atoms with van der Waals surface area (Å²) in [5, 5.41) is 15.3. The lowest BCUT2D eigenvalue weighted by Gasteiger charge is -2.06. The number of amides is 1. The predicted molar refractivity (Wildman–Crippen MR) is 95.2 cm³/mol. The summed E-state index contributed by atoms with van der Waals surface area (Å²) >= 11 is 0. The van der Waals surface area contributed by atoms with Crippen LogP contribution in [-0.2, 0) is 9.59 Å². The molecule has 2 N–H and O–H groups in total. The van der Waals surface area contributed by atoms with Crippen molar-refractivity contribution in [2.75, 3.05) is 5.32 Å². The molecule has 0 saturated carbocycles. The molecule has 3 rings (SSSR count). The fourth-order valence-electron chi connectivity index (χ4n) is 2.56. The van der Waals surface area contributed by atoms with Gasteiger partial charge >= 0.3 is 5.97 Å². The molecule has 0 aliphatic carbocycles. The van der Waals surface area contributed by atoms with Gasteiger partial charge in [-0.2, -0.15) is 0 Å². The second-order valence-corrected chi connectivity index (χ2v) is 5.77. The summed E-state index contributed by atoms with van der Waals surface area (Å²) in [6, 6.07) is 9.22. The highest BCUT2D eigenvalue weighted by molar-refractivity contribution is 5.97. The largest absolute Gasteiger partial charge is 0.481 e. The zero-order chi connectivity index (χ0) is 19.2. The van der Waals surface area contributed by atoms with E-state index in [1.807, 2.05) is 0 Å². The molecule has 2 heterocycles. The molecule has 7 nitrogen and oxygen atoms in total. The number of halogens is 1. The highest BCUT2D eigenvalue weighted by Crippen LogP contribution is 2.37. The Bertz CT molecular complexity index is 939. The molecule has 1 aromatic carbocycles. The van der Waals surface area contributed by atoms with Crippen LogP contribution in [0.2, 0.25) is 0 Å². The summed E-state index contributed by atoms with van der Waals surface area (Å²) in [6.07, 6.45) is 3.34. The van der Waals surface area contributed by atoms with Crippen LogP contribution < -0.4 is 5.32 Å². The van der Waals surface area contributed by atoms with Crippen LogP contribution in [0.5, 0.6) is 0 Å². The number of anilines is 1. The van der Waals surface area contributed by atoms with Crippen LogP contribution in [0.4, 0.5) is 10.3 Å². The van der Waals surface area contributed by atoms with Gasteiger partial charge in [-0.3, -0.25) is 19.9 Å². The summed E-state index contributed by atoms with van der Waals surface area (Å²) < 4.78 is 18.5. The molecule has 0 saturated heterocycles. The van der Waals surface area contributed by atoms with E-state index in [0.29, 0.717) is 22.4 Å². The van der Waals surface area contributed by atoms with Crippen molar-refractivity contribution in [3.63, 3.8) is 0 Å². The summed E-state index contributed by atoms with van der Waals surface area (Å²) in [6.45, 7) is 0. The fraction of sp³-hybridized carbons (Fsp3) is 0.158. The molecule has 138 valence electrons. The van der Waals surface area contributed by atoms with Crippen LogP contribution in [0.1, 0.15) is 19.3 Å². The maximum Gasteiger partial charge on any atom is 0.303 e. The Labute approximate surface area is 153 Å². The Hall–Kier alpha value is -3.55. The first kappa shape index (κ1) is 18.2. The number of hydrogen-bond donors (Lipinski definition) is 2. The minimum absolute atomic E-state index is 0.0364. The number of aromatic nitrogens is 2. The van der Waals surface area contributed by atoms with E-state index >= 15 is 0 Å². The molecular weight excluding hydrogens is 353 g/mol. The van der Waals surface area contributed by atoms with Gasteiger partial charge in [-0.05, 0) is 48.4 Å². The van der Waals surface area contributed by atoms with E-state index in [1.165, 1.54) is 12.1 Å². The number of carbonyl (C=O) groups excluding carboxylic acids is 1. The molecule has 0 aliphatic heterocycles. The Kier molecular flexibility index (Phi) is 5.55. The Morgan fingerprint density at radius 3 is 2.41 bits per heavy atom. The standard InChI is InChI=1S/C19H16FN3O4/c20-14-6-4-13(5-7-14)18-17(12-8-10-21-11-9-12)19(27-23-18)22-15(24)2-1-3-16(25)26/h4-11H,1-3H2,(H,22,24)(H,25,26). The number of rotatable bonds is 7. The number of carboxylic acids is 1. The third kappa shape index (κ3) is 4.55. The van der Waals surface area contributed by atoms with Gasteiger partial charge in [-0.15, -0.1) is 0 Å². The van der Waals surface area contributed by atoms with E-state index in [9.17, 15) is 14.0 Å². The van der Waals surface area contributed by atoms with Crippen molar-refractivity contribution < 1.29 is 23.6 Å². The van der Waals surface area contributed by atoms with Crippen molar-refractivity contribution >= 4 is 17.8 Å². The van der Waals surface area contributed by atoms with Crippen molar-refractivity contribution in [1.29, 1.82) is 0 Å². The quantitative estimate of drug-likeness (QED) is 0.657. The lowest BCUT2D eigenvalue weighted by atomic mass is 10.0. The van der Waals surface area contributed by atoms with Crippen LogP contribution in [0.3, 0.4) is 0 Å². The first-order valence-electron chi connectivity index (χ1n) is 8.22. The minimum Gasteiger partial charge on any atom is -0.481 e. The lowest BCUT2D eigenvalue weighted by molar-refractivity contribution is -0.137. The first-order valence-corrected chi connectivity index (χ1v) is 8.22. The Balaban J connectivity index is 1.91. The van der Waals surface area contributed by atoms with Gasteiger partial charge in [0.15, 0.2) is 0 Å². The third-order valence-electron chi connectivity index (χ3n) is 3.83. The summed E-state index contributed by atoms with van der Waals surface area (Å²) in [5.41, 5.74) is 2.32. The number of hydrogen-bond acceptors (Lipinski definition) is 5. The van der Waals surface area contributed by atoms with Gasteiger partial charge in [0.25, 0.3) is 0 Å². The third-order valence-corrected chi connectivity index (χ3v) is 3.83. The average molecular weight is 369 g/mol. The van der Waals surface area contributed by atoms with Gasteiger partial charge in [-0.25, -0.2) is 4.39 Å². The van der Waals surface area contributed by atoms with Crippen molar-refractivity contribution in [3.05, 3.63) is 54.6 Å². The summed E-state index contributed by atoms with van der Waals surface area (Å²) in [5.74, 6) is -1.58. The molecule has 2 aromatic heterocycles. The number of nitrogens with zero attached hydrogens (tertiary/aromatic N) is 2. The first-order chi connectivity index (χ1) is 13.0. The topological polar surface area (TPSA) is 105 Å². The molecule has 0 bridgehead atoms. The molecule has 0 spiro atoms. The molecule has 0 aliphatic rings. The Morgan fingerprint density at radius 2 is 1.74 bits per heavy atom. The second kappa shape index (κ2) is 8.22. The number of nitrogens with one attached hydrogen (secondary N) is 1. The highest BCUT2D eigenvalue weighted by Gasteiger charge is 2.21. The predicted octanol–water partition coefficient (Wildman–Crippen LogP) is 3.74. The summed E-state index contributed by atoms with van der Waals surface area (Å²) in [7, 11) is 0. The smallest absolute Gasteiger partial charge is 0.303 e. The zero-order valence-corrected chi connectivity index (χ0v) is 14.2. The van der Waals surface area contributed by atoms with E-state index in [4.69, 9.17) is 9.63 Å². The monoisotopic (exact) mass is 369 g/mol.